The molecule has 6 nitrogen and oxygen atoms in total. The molecule has 0 aliphatic rings. The summed E-state index contributed by atoms with van der Waals surface area (Å²) < 4.78 is 20.6. The van der Waals surface area contributed by atoms with Crippen LogP contribution in [0.5, 0.6) is 5.75 Å². The number of nitrogens with zero attached hydrogens (tertiary/aromatic N) is 3. The van der Waals surface area contributed by atoms with E-state index in [1.54, 1.807) is 19.2 Å². The molecule has 0 fully saturated rings. The molecule has 0 unspecified atom stereocenters. The van der Waals surface area contributed by atoms with Crippen LogP contribution >= 0.6 is 11.8 Å². The molecule has 34 heavy (non-hydrogen) atoms. The minimum Gasteiger partial charge on any atom is -0.496 e. The molecule has 0 aliphatic heterocycles. The van der Waals surface area contributed by atoms with Crippen LogP contribution in [0.2, 0.25) is 0 Å². The van der Waals surface area contributed by atoms with Gasteiger partial charge in [-0.2, -0.15) is 0 Å². The van der Waals surface area contributed by atoms with Crippen molar-refractivity contribution in [2.45, 2.75) is 24.7 Å². The topological polar surface area (TPSA) is 69.0 Å². The molecule has 1 amide bonds. The Balaban J connectivity index is 1.48. The molecule has 0 spiro atoms. The Morgan fingerprint density at radius 3 is 2.47 bits per heavy atom. The Morgan fingerprint density at radius 2 is 1.71 bits per heavy atom. The molecule has 0 saturated heterocycles. The highest BCUT2D eigenvalue weighted by Gasteiger charge is 2.18. The largest absolute Gasteiger partial charge is 0.496 e. The lowest BCUT2D eigenvalue weighted by atomic mass is 10.1. The van der Waals surface area contributed by atoms with Crippen molar-refractivity contribution in [1.29, 1.82) is 0 Å². The number of rotatable bonds is 10. The third-order valence-corrected chi connectivity index (χ3v) is 6.23. The highest BCUT2D eigenvalue weighted by atomic mass is 32.2. The van der Waals surface area contributed by atoms with Gasteiger partial charge in [0.15, 0.2) is 11.0 Å². The fourth-order valence-corrected chi connectivity index (χ4v) is 4.29. The number of carbonyl (C=O) groups excluding carboxylic acids is 1. The van der Waals surface area contributed by atoms with E-state index in [9.17, 15) is 9.18 Å². The van der Waals surface area contributed by atoms with Crippen molar-refractivity contribution in [2.24, 2.45) is 0 Å². The van der Waals surface area contributed by atoms with Crippen molar-refractivity contribution < 1.29 is 13.9 Å². The predicted molar refractivity (Wildman–Crippen MR) is 131 cm³/mol. The molecule has 3 aromatic carbocycles. The maximum Gasteiger partial charge on any atom is 0.230 e. The van der Waals surface area contributed by atoms with Crippen LogP contribution in [0.3, 0.4) is 0 Å². The molecule has 174 valence electrons. The fraction of sp³-hybridized carbons (Fsp3) is 0.192. The normalized spacial score (nSPS) is 10.8. The van der Waals surface area contributed by atoms with Gasteiger partial charge in [0, 0.05) is 13.1 Å². The van der Waals surface area contributed by atoms with Gasteiger partial charge < -0.3 is 14.6 Å². The van der Waals surface area contributed by atoms with Crippen molar-refractivity contribution in [3.63, 3.8) is 0 Å². The number of benzene rings is 3. The van der Waals surface area contributed by atoms with E-state index in [0.29, 0.717) is 29.8 Å². The Kier molecular flexibility index (Phi) is 7.93. The summed E-state index contributed by atoms with van der Waals surface area (Å²) in [5.41, 5.74) is 2.89. The third kappa shape index (κ3) is 6.02. The second-order valence-corrected chi connectivity index (χ2v) is 8.53. The van der Waals surface area contributed by atoms with E-state index >= 15 is 0 Å². The zero-order chi connectivity index (χ0) is 23.8. The first-order chi connectivity index (χ1) is 16.6. The lowest BCUT2D eigenvalue weighted by Crippen LogP contribution is -2.24. The van der Waals surface area contributed by atoms with E-state index in [4.69, 9.17) is 4.74 Å². The number of carbonyl (C=O) groups is 1. The van der Waals surface area contributed by atoms with Crippen molar-refractivity contribution in [3.05, 3.63) is 95.8 Å². The number of thioether (sulfide) groups is 1. The van der Waals surface area contributed by atoms with E-state index in [-0.39, 0.29) is 17.5 Å². The molecule has 4 aromatic rings. The number of nitrogens with one attached hydrogen (secondary N) is 1. The van der Waals surface area contributed by atoms with Crippen LogP contribution in [0.25, 0.3) is 11.4 Å². The highest BCUT2D eigenvalue weighted by molar-refractivity contribution is 7.99. The standard InChI is InChI=1S/C26H25FN4O2S/c1-33-23-10-6-5-9-22(23)25-29-30-26(31(25)16-15-19-7-3-2-4-8-19)34-18-24(32)28-17-20-11-13-21(27)14-12-20/h2-14H,15-18H2,1H3,(H,28,32). The number of amides is 1. The summed E-state index contributed by atoms with van der Waals surface area (Å²) in [4.78, 5) is 12.4. The van der Waals surface area contributed by atoms with Gasteiger partial charge >= 0.3 is 0 Å². The van der Waals surface area contributed by atoms with Crippen LogP contribution in [0.4, 0.5) is 4.39 Å². The average Bonchev–Trinajstić information content (AvgIpc) is 3.29. The maximum atomic E-state index is 13.1. The molecule has 0 bridgehead atoms. The maximum absolute atomic E-state index is 13.1. The number of ether oxygens (including phenoxy) is 1. The molecule has 1 N–H and O–H groups in total. The van der Waals surface area contributed by atoms with Gasteiger partial charge in [0.1, 0.15) is 11.6 Å². The first-order valence-corrected chi connectivity index (χ1v) is 11.9. The minimum absolute atomic E-state index is 0.134. The van der Waals surface area contributed by atoms with Gasteiger partial charge in [-0.05, 0) is 41.8 Å². The van der Waals surface area contributed by atoms with E-state index in [0.717, 1.165) is 17.5 Å². The molecular weight excluding hydrogens is 451 g/mol. The van der Waals surface area contributed by atoms with E-state index < -0.39 is 0 Å². The number of aryl methyl sites for hydroxylation is 1. The molecule has 1 heterocycles. The van der Waals surface area contributed by atoms with Crippen LogP contribution in [-0.2, 0) is 24.3 Å². The van der Waals surface area contributed by atoms with E-state index in [2.05, 4.69) is 27.6 Å². The number of para-hydroxylation sites is 1. The van der Waals surface area contributed by atoms with E-state index in [1.165, 1.54) is 29.5 Å². The molecule has 4 rings (SSSR count). The van der Waals surface area contributed by atoms with Crippen LogP contribution in [-0.4, -0.2) is 33.5 Å². The number of hydrogen-bond acceptors (Lipinski definition) is 5. The van der Waals surface area contributed by atoms with Gasteiger partial charge in [0.25, 0.3) is 0 Å². The summed E-state index contributed by atoms with van der Waals surface area (Å²) in [5.74, 6) is 1.17. The highest BCUT2D eigenvalue weighted by Crippen LogP contribution is 2.31. The lowest BCUT2D eigenvalue weighted by Gasteiger charge is -2.12. The van der Waals surface area contributed by atoms with Gasteiger partial charge in [-0.25, -0.2) is 4.39 Å². The quantitative estimate of drug-likeness (QED) is 0.335. The van der Waals surface area contributed by atoms with Gasteiger partial charge in [-0.3, -0.25) is 4.79 Å². The lowest BCUT2D eigenvalue weighted by molar-refractivity contribution is -0.118. The smallest absolute Gasteiger partial charge is 0.230 e. The Bertz CT molecular complexity index is 1230. The van der Waals surface area contributed by atoms with Crippen molar-refractivity contribution in [3.8, 4) is 17.1 Å². The number of aromatic nitrogens is 3. The van der Waals surface area contributed by atoms with Crippen molar-refractivity contribution in [1.82, 2.24) is 20.1 Å². The monoisotopic (exact) mass is 476 g/mol. The number of hydrogen-bond donors (Lipinski definition) is 1. The second-order valence-electron chi connectivity index (χ2n) is 7.59. The number of halogens is 1. The summed E-state index contributed by atoms with van der Waals surface area (Å²) in [6.07, 6.45) is 0.797. The Labute approximate surface area is 202 Å². The molecule has 0 aliphatic carbocycles. The van der Waals surface area contributed by atoms with Gasteiger partial charge in [0.05, 0.1) is 18.4 Å². The molecule has 0 radical (unpaired) electrons. The Morgan fingerprint density at radius 1 is 0.971 bits per heavy atom. The third-order valence-electron chi connectivity index (χ3n) is 5.27. The number of methoxy groups -OCH3 is 1. The zero-order valence-electron chi connectivity index (χ0n) is 18.8. The SMILES string of the molecule is COc1ccccc1-c1nnc(SCC(=O)NCc2ccc(F)cc2)n1CCc1ccccc1. The summed E-state index contributed by atoms with van der Waals surface area (Å²) >= 11 is 1.33. The molecule has 0 atom stereocenters. The van der Waals surface area contributed by atoms with E-state index in [1.807, 2.05) is 47.0 Å². The second kappa shape index (κ2) is 11.5. The van der Waals surface area contributed by atoms with Crippen molar-refractivity contribution >= 4 is 17.7 Å². The van der Waals surface area contributed by atoms with Gasteiger partial charge in [-0.15, -0.1) is 10.2 Å². The Hall–Kier alpha value is -3.65. The summed E-state index contributed by atoms with van der Waals surface area (Å²) in [6.45, 7) is 0.997. The van der Waals surface area contributed by atoms with Crippen LogP contribution < -0.4 is 10.1 Å². The fourth-order valence-electron chi connectivity index (χ4n) is 3.50. The van der Waals surface area contributed by atoms with Crippen LogP contribution in [0.15, 0.2) is 84.0 Å². The molecular formula is C26H25FN4O2S. The van der Waals surface area contributed by atoms with Gasteiger partial charge in [0.2, 0.25) is 5.91 Å². The van der Waals surface area contributed by atoms with Crippen LogP contribution in [0.1, 0.15) is 11.1 Å². The first kappa shape index (κ1) is 23.5. The molecule has 8 heteroatoms. The molecule has 0 saturated carbocycles. The predicted octanol–water partition coefficient (Wildman–Crippen LogP) is 4.74. The van der Waals surface area contributed by atoms with Crippen molar-refractivity contribution in [2.75, 3.05) is 12.9 Å². The first-order valence-electron chi connectivity index (χ1n) is 10.9. The molecule has 1 aromatic heterocycles. The zero-order valence-corrected chi connectivity index (χ0v) is 19.6. The van der Waals surface area contributed by atoms with Crippen LogP contribution in [0, 0.1) is 5.82 Å². The minimum atomic E-state index is -0.300. The summed E-state index contributed by atoms with van der Waals surface area (Å²) in [6, 6.07) is 24.0. The average molecular weight is 477 g/mol. The van der Waals surface area contributed by atoms with Gasteiger partial charge in [-0.1, -0.05) is 66.4 Å². The summed E-state index contributed by atoms with van der Waals surface area (Å²) in [7, 11) is 1.63. The summed E-state index contributed by atoms with van der Waals surface area (Å²) in [5, 5.41) is 12.3.